The average Bonchev–Trinajstić information content (AvgIpc) is 3.40. The van der Waals surface area contributed by atoms with Gasteiger partial charge in [-0.05, 0) is 74.3 Å². The van der Waals surface area contributed by atoms with Crippen LogP contribution < -0.4 is 0 Å². The van der Waals surface area contributed by atoms with E-state index in [0.29, 0.717) is 0 Å². The molecule has 0 spiro atoms. The molecule has 0 amide bonds. The van der Waals surface area contributed by atoms with E-state index in [1.54, 1.807) is 0 Å². The number of furan rings is 1. The van der Waals surface area contributed by atoms with Gasteiger partial charge in [0.1, 0.15) is 11.2 Å². The number of hydrogen-bond acceptors (Lipinski definition) is 1. The molecule has 0 atom stereocenters. The van der Waals surface area contributed by atoms with E-state index in [0.717, 1.165) is 21.9 Å². The van der Waals surface area contributed by atoms with E-state index < -0.39 is 0 Å². The predicted molar refractivity (Wildman–Crippen MR) is 172 cm³/mol. The van der Waals surface area contributed by atoms with E-state index in [4.69, 9.17) is 4.42 Å². The Morgan fingerprint density at radius 2 is 1.15 bits per heavy atom. The Hall–Kier alpha value is -5.14. The third-order valence-corrected chi connectivity index (χ3v) is 7.87. The Balaban J connectivity index is 1.54. The molecule has 0 unspecified atom stereocenters. The molecule has 0 N–H and O–H groups in total. The number of para-hydroxylation sites is 1. The lowest BCUT2D eigenvalue weighted by Gasteiger charge is -2.20. The highest BCUT2D eigenvalue weighted by molar-refractivity contribution is 6.18. The van der Waals surface area contributed by atoms with Gasteiger partial charge in [0.2, 0.25) is 0 Å². The molecule has 1 nitrogen and oxygen atoms in total. The van der Waals surface area contributed by atoms with Crippen molar-refractivity contribution in [3.63, 3.8) is 0 Å². The van der Waals surface area contributed by atoms with Crippen LogP contribution >= 0.6 is 0 Å². The quantitative estimate of drug-likeness (QED) is 0.209. The second-order valence-corrected chi connectivity index (χ2v) is 10.1. The van der Waals surface area contributed by atoms with Crippen molar-refractivity contribution in [3.05, 3.63) is 151 Å². The summed E-state index contributed by atoms with van der Waals surface area (Å²) >= 11 is 0. The molecule has 0 aliphatic carbocycles. The summed E-state index contributed by atoms with van der Waals surface area (Å²) in [6.45, 7) is 6.21. The van der Waals surface area contributed by atoms with Crippen LogP contribution in [-0.2, 0) is 0 Å². The van der Waals surface area contributed by atoms with Crippen LogP contribution in [0, 0.1) is 6.92 Å². The van der Waals surface area contributed by atoms with Gasteiger partial charge in [-0.25, -0.2) is 0 Å². The molecule has 0 saturated carbocycles. The first-order chi connectivity index (χ1) is 19.7. The topological polar surface area (TPSA) is 13.1 Å². The zero-order valence-electron chi connectivity index (χ0n) is 22.4. The summed E-state index contributed by atoms with van der Waals surface area (Å²) < 4.78 is 6.28. The summed E-state index contributed by atoms with van der Waals surface area (Å²) in [6.07, 6.45) is 6.09. The highest BCUT2D eigenvalue weighted by Crippen LogP contribution is 2.46. The van der Waals surface area contributed by atoms with E-state index in [1.165, 1.54) is 55.3 Å². The SMILES string of the molecule is C=C/C=C\c1c(C)c(-c2ccc(-c3ccccc3)cc2)c2ccccc2c1-c1cccc2oc3ccccc3c12. The minimum atomic E-state index is 0.902. The first kappa shape index (κ1) is 23.9. The number of allylic oxidation sites excluding steroid dienone is 2. The molecule has 1 heteroatoms. The molecule has 7 rings (SSSR count). The average molecular weight is 513 g/mol. The van der Waals surface area contributed by atoms with Gasteiger partial charge >= 0.3 is 0 Å². The normalized spacial score (nSPS) is 11.6. The molecule has 0 bridgehead atoms. The van der Waals surface area contributed by atoms with Gasteiger partial charge in [0.25, 0.3) is 0 Å². The summed E-state index contributed by atoms with van der Waals surface area (Å²) in [5.41, 5.74) is 11.5. The minimum Gasteiger partial charge on any atom is -0.456 e. The zero-order valence-corrected chi connectivity index (χ0v) is 22.4. The van der Waals surface area contributed by atoms with Crippen molar-refractivity contribution in [1.82, 2.24) is 0 Å². The van der Waals surface area contributed by atoms with Crippen molar-refractivity contribution < 1.29 is 4.42 Å². The van der Waals surface area contributed by atoms with E-state index in [2.05, 4.69) is 129 Å². The Morgan fingerprint density at radius 1 is 0.550 bits per heavy atom. The van der Waals surface area contributed by atoms with Crippen LogP contribution in [0.1, 0.15) is 11.1 Å². The lowest BCUT2D eigenvalue weighted by atomic mass is 9.82. The molecular formula is C39H28O. The molecule has 0 fully saturated rings. The van der Waals surface area contributed by atoms with Crippen molar-refractivity contribution in [2.24, 2.45) is 0 Å². The van der Waals surface area contributed by atoms with Crippen molar-refractivity contribution in [2.75, 3.05) is 0 Å². The zero-order chi connectivity index (χ0) is 27.1. The monoisotopic (exact) mass is 512 g/mol. The molecule has 40 heavy (non-hydrogen) atoms. The van der Waals surface area contributed by atoms with Crippen molar-refractivity contribution in [2.45, 2.75) is 6.92 Å². The van der Waals surface area contributed by atoms with Crippen molar-refractivity contribution in [1.29, 1.82) is 0 Å². The van der Waals surface area contributed by atoms with Gasteiger partial charge in [0, 0.05) is 10.8 Å². The Kier molecular flexibility index (Phi) is 5.91. The van der Waals surface area contributed by atoms with Gasteiger partial charge in [0.15, 0.2) is 0 Å². The maximum atomic E-state index is 6.28. The van der Waals surface area contributed by atoms with Gasteiger partial charge in [-0.1, -0.05) is 134 Å². The molecule has 1 heterocycles. The maximum absolute atomic E-state index is 6.28. The highest BCUT2D eigenvalue weighted by atomic mass is 16.3. The smallest absolute Gasteiger partial charge is 0.136 e. The van der Waals surface area contributed by atoms with E-state index in [1.807, 2.05) is 24.3 Å². The standard InChI is InChI=1S/C39H28O/c1-3-4-15-30-26(2)37(29-24-22-28(23-25-29)27-13-6-5-7-14-27)31-16-8-9-17-32(31)38(30)34-19-12-21-36-39(34)33-18-10-11-20-35(33)40-36/h3-25H,1H2,2H3/b15-4-. The van der Waals surface area contributed by atoms with Crippen LogP contribution in [0.3, 0.4) is 0 Å². The molecule has 0 saturated heterocycles. The number of hydrogen-bond donors (Lipinski definition) is 0. The third-order valence-electron chi connectivity index (χ3n) is 7.87. The van der Waals surface area contributed by atoms with E-state index >= 15 is 0 Å². The van der Waals surface area contributed by atoms with E-state index in [-0.39, 0.29) is 0 Å². The van der Waals surface area contributed by atoms with Gasteiger partial charge in [-0.15, -0.1) is 0 Å². The Bertz CT molecular complexity index is 2060. The second-order valence-electron chi connectivity index (χ2n) is 10.1. The Morgan fingerprint density at radius 3 is 1.90 bits per heavy atom. The van der Waals surface area contributed by atoms with Crippen LogP contribution in [-0.4, -0.2) is 0 Å². The number of fused-ring (bicyclic) bond motifs is 4. The number of rotatable bonds is 5. The van der Waals surface area contributed by atoms with Crippen LogP contribution in [0.4, 0.5) is 0 Å². The molecule has 1 aromatic heterocycles. The molecule has 7 aromatic rings. The molecule has 6 aromatic carbocycles. The lowest BCUT2D eigenvalue weighted by molar-refractivity contribution is 0.669. The molecule has 0 aliphatic heterocycles. The largest absolute Gasteiger partial charge is 0.456 e. The highest BCUT2D eigenvalue weighted by Gasteiger charge is 2.21. The van der Waals surface area contributed by atoms with Gasteiger partial charge in [-0.2, -0.15) is 0 Å². The first-order valence-corrected chi connectivity index (χ1v) is 13.7. The fourth-order valence-electron chi connectivity index (χ4n) is 6.07. The lowest BCUT2D eigenvalue weighted by Crippen LogP contribution is -1.96. The molecule has 0 radical (unpaired) electrons. The maximum Gasteiger partial charge on any atom is 0.136 e. The van der Waals surface area contributed by atoms with Gasteiger partial charge < -0.3 is 4.42 Å². The van der Waals surface area contributed by atoms with Crippen molar-refractivity contribution >= 4 is 38.8 Å². The third kappa shape index (κ3) is 3.87. The second kappa shape index (κ2) is 9.87. The number of benzene rings is 6. The summed E-state index contributed by atoms with van der Waals surface area (Å²) in [7, 11) is 0. The van der Waals surface area contributed by atoms with Crippen molar-refractivity contribution in [3.8, 4) is 33.4 Å². The molecular weight excluding hydrogens is 484 g/mol. The summed E-state index contributed by atoms with van der Waals surface area (Å²) in [5, 5.41) is 4.74. The van der Waals surface area contributed by atoms with Gasteiger partial charge in [0.05, 0.1) is 0 Å². The fraction of sp³-hybridized carbons (Fsp3) is 0.0256. The van der Waals surface area contributed by atoms with Gasteiger partial charge in [-0.3, -0.25) is 0 Å². The van der Waals surface area contributed by atoms with E-state index in [9.17, 15) is 0 Å². The summed E-state index contributed by atoms with van der Waals surface area (Å²) in [6, 6.07) is 43.0. The summed E-state index contributed by atoms with van der Waals surface area (Å²) in [5.74, 6) is 0. The Labute approximate surface area is 234 Å². The van der Waals surface area contributed by atoms with Crippen LogP contribution in [0.25, 0.3) is 72.2 Å². The van der Waals surface area contributed by atoms with Crippen LogP contribution in [0.5, 0.6) is 0 Å². The molecule has 190 valence electrons. The fourth-order valence-corrected chi connectivity index (χ4v) is 6.07. The van der Waals surface area contributed by atoms with Crippen LogP contribution in [0.2, 0.25) is 0 Å². The predicted octanol–water partition coefficient (Wildman–Crippen LogP) is 11.2. The summed E-state index contributed by atoms with van der Waals surface area (Å²) in [4.78, 5) is 0. The molecule has 0 aliphatic rings. The first-order valence-electron chi connectivity index (χ1n) is 13.7. The minimum absolute atomic E-state index is 0.902. The van der Waals surface area contributed by atoms with Crippen LogP contribution in [0.15, 0.2) is 144 Å².